The Morgan fingerprint density at radius 2 is 1.87 bits per heavy atom. The third-order valence-corrected chi connectivity index (χ3v) is 5.43. The van der Waals surface area contributed by atoms with E-state index in [9.17, 15) is 9.59 Å². The molecule has 1 N–H and O–H groups in total. The number of nitrogens with one attached hydrogen (secondary N) is 1. The van der Waals surface area contributed by atoms with Crippen molar-refractivity contribution in [2.75, 3.05) is 5.75 Å². The Morgan fingerprint density at radius 1 is 1.17 bits per heavy atom. The molecule has 9 heteroatoms. The van der Waals surface area contributed by atoms with Crippen molar-refractivity contribution in [1.29, 1.82) is 0 Å². The van der Waals surface area contributed by atoms with Crippen LogP contribution >= 0.6 is 35.0 Å². The van der Waals surface area contributed by atoms with Crippen molar-refractivity contribution < 1.29 is 4.79 Å². The molecule has 0 fully saturated rings. The Morgan fingerprint density at radius 3 is 2.50 bits per heavy atom. The average molecular weight is 459 g/mol. The van der Waals surface area contributed by atoms with E-state index in [0.717, 1.165) is 0 Å². The van der Waals surface area contributed by atoms with Crippen LogP contribution < -0.4 is 5.56 Å². The number of aromatic nitrogens is 3. The maximum absolute atomic E-state index is 12.6. The molecule has 0 aliphatic rings. The van der Waals surface area contributed by atoms with Crippen LogP contribution in [-0.2, 0) is 4.79 Å². The minimum absolute atomic E-state index is 0.0839. The normalized spacial score (nSPS) is 11.4. The summed E-state index contributed by atoms with van der Waals surface area (Å²) >= 11 is 13.9. The third-order valence-electron chi connectivity index (χ3n) is 3.94. The van der Waals surface area contributed by atoms with Crippen molar-refractivity contribution in [1.82, 2.24) is 15.2 Å². The number of aromatic amines is 1. The van der Waals surface area contributed by atoms with Gasteiger partial charge in [0.15, 0.2) is 16.6 Å². The number of H-pyrrole nitrogens is 1. The fraction of sp³-hybridized carbons (Fsp3) is 0.0952. The van der Waals surface area contributed by atoms with Crippen molar-refractivity contribution in [2.45, 2.75) is 12.1 Å². The van der Waals surface area contributed by atoms with Gasteiger partial charge in [-0.2, -0.15) is 0 Å². The predicted octanol–water partition coefficient (Wildman–Crippen LogP) is 5.13. The van der Waals surface area contributed by atoms with E-state index in [4.69, 9.17) is 23.2 Å². The molecule has 152 valence electrons. The van der Waals surface area contributed by atoms with E-state index < -0.39 is 5.56 Å². The van der Waals surface area contributed by atoms with Gasteiger partial charge in [0.1, 0.15) is 5.71 Å². The number of carbonyl (C=O) groups is 1. The zero-order chi connectivity index (χ0) is 21.7. The summed E-state index contributed by atoms with van der Waals surface area (Å²) in [6.07, 6.45) is 1.70. The lowest BCUT2D eigenvalue weighted by Gasteiger charge is -2.10. The van der Waals surface area contributed by atoms with Crippen LogP contribution in [0.3, 0.4) is 0 Å². The molecular formula is C21H16Cl2N4O2S. The van der Waals surface area contributed by atoms with E-state index in [1.807, 2.05) is 0 Å². The van der Waals surface area contributed by atoms with E-state index >= 15 is 0 Å². The number of hydrogen-bond acceptors (Lipinski definition) is 6. The van der Waals surface area contributed by atoms with Crippen LogP contribution in [0.25, 0.3) is 11.3 Å². The molecule has 0 amide bonds. The van der Waals surface area contributed by atoms with E-state index in [-0.39, 0.29) is 17.2 Å². The van der Waals surface area contributed by atoms with Crippen molar-refractivity contribution in [3.05, 3.63) is 81.1 Å². The molecule has 1 heterocycles. The third kappa shape index (κ3) is 4.87. The second-order valence-electron chi connectivity index (χ2n) is 6.04. The van der Waals surface area contributed by atoms with E-state index in [1.54, 1.807) is 48.5 Å². The molecule has 3 rings (SSSR count). The van der Waals surface area contributed by atoms with Gasteiger partial charge in [0, 0.05) is 23.8 Å². The lowest BCUT2D eigenvalue weighted by molar-refractivity contribution is -0.111. The zero-order valence-corrected chi connectivity index (χ0v) is 18.2. The van der Waals surface area contributed by atoms with Crippen LogP contribution in [0.2, 0.25) is 10.0 Å². The number of carbonyl (C=O) groups excluding carboxylic acids is 1. The Balaban J connectivity index is 2.14. The highest BCUT2D eigenvalue weighted by atomic mass is 35.5. The largest absolute Gasteiger partial charge is 0.298 e. The second-order valence-corrected chi connectivity index (χ2v) is 7.86. The average Bonchev–Trinajstić information content (AvgIpc) is 2.72. The molecule has 2 aromatic carbocycles. The lowest BCUT2D eigenvalue weighted by atomic mass is 10.1. The van der Waals surface area contributed by atoms with Crippen LogP contribution in [0, 0.1) is 0 Å². The summed E-state index contributed by atoms with van der Waals surface area (Å²) in [6.45, 7) is 5.01. The SMILES string of the molecule is C=CCSc1nnc(-c2ccccc2N=C(C(C)=O)c2c(Cl)cccc2Cl)c(=O)[nH]1. The highest BCUT2D eigenvalue weighted by molar-refractivity contribution is 7.99. The number of thioether (sulfide) groups is 1. The molecule has 0 spiro atoms. The fourth-order valence-corrected chi connectivity index (χ4v) is 3.74. The molecule has 0 saturated heterocycles. The molecule has 0 saturated carbocycles. The van der Waals surface area contributed by atoms with Gasteiger partial charge in [-0.3, -0.25) is 14.6 Å². The number of aliphatic imine (C=N–C) groups is 1. The van der Waals surface area contributed by atoms with E-state index in [0.29, 0.717) is 37.8 Å². The van der Waals surface area contributed by atoms with Crippen LogP contribution in [-0.4, -0.2) is 32.4 Å². The Labute approximate surface area is 187 Å². The van der Waals surface area contributed by atoms with Crippen molar-refractivity contribution in [3.63, 3.8) is 0 Å². The first-order valence-electron chi connectivity index (χ1n) is 8.76. The number of ketones is 1. The zero-order valence-electron chi connectivity index (χ0n) is 15.9. The smallest absolute Gasteiger partial charge is 0.278 e. The van der Waals surface area contributed by atoms with Gasteiger partial charge >= 0.3 is 0 Å². The van der Waals surface area contributed by atoms with Gasteiger partial charge in [0.25, 0.3) is 5.56 Å². The quantitative estimate of drug-likeness (QED) is 0.301. The summed E-state index contributed by atoms with van der Waals surface area (Å²) < 4.78 is 0. The Kier molecular flexibility index (Phi) is 7.20. The molecule has 30 heavy (non-hydrogen) atoms. The summed E-state index contributed by atoms with van der Waals surface area (Å²) in [5.41, 5.74) is 0.878. The Hall–Kier alpha value is -2.74. The minimum atomic E-state index is -0.417. The van der Waals surface area contributed by atoms with Crippen LogP contribution in [0.5, 0.6) is 0 Å². The molecule has 6 nitrogen and oxygen atoms in total. The fourth-order valence-electron chi connectivity index (χ4n) is 2.63. The topological polar surface area (TPSA) is 88.1 Å². The van der Waals surface area contributed by atoms with Gasteiger partial charge in [0.2, 0.25) is 0 Å². The molecule has 1 aromatic heterocycles. The van der Waals surface area contributed by atoms with Gasteiger partial charge in [-0.15, -0.1) is 16.8 Å². The molecule has 0 aliphatic carbocycles. The monoisotopic (exact) mass is 458 g/mol. The van der Waals surface area contributed by atoms with Gasteiger partial charge in [-0.05, 0) is 18.2 Å². The first-order valence-corrected chi connectivity index (χ1v) is 10.5. The molecule has 0 bridgehead atoms. The number of nitrogens with zero attached hydrogens (tertiary/aromatic N) is 3. The van der Waals surface area contributed by atoms with Gasteiger partial charge in [0.05, 0.1) is 15.7 Å². The number of benzene rings is 2. The van der Waals surface area contributed by atoms with Crippen LogP contribution in [0.1, 0.15) is 12.5 Å². The van der Waals surface area contributed by atoms with E-state index in [1.165, 1.54) is 18.7 Å². The van der Waals surface area contributed by atoms with Gasteiger partial charge in [-0.1, -0.05) is 65.3 Å². The van der Waals surface area contributed by atoms with Crippen LogP contribution in [0.4, 0.5) is 5.69 Å². The molecule has 0 radical (unpaired) electrons. The summed E-state index contributed by atoms with van der Waals surface area (Å²) in [6, 6.07) is 11.8. The minimum Gasteiger partial charge on any atom is -0.298 e. The first kappa shape index (κ1) is 22.0. The highest BCUT2D eigenvalue weighted by Gasteiger charge is 2.19. The summed E-state index contributed by atoms with van der Waals surface area (Å²) in [5.74, 6) is 0.266. The summed E-state index contributed by atoms with van der Waals surface area (Å²) in [7, 11) is 0. The van der Waals surface area contributed by atoms with E-state index in [2.05, 4.69) is 26.8 Å². The summed E-state index contributed by atoms with van der Waals surface area (Å²) in [4.78, 5) is 32.1. The van der Waals surface area contributed by atoms with Crippen molar-refractivity contribution >= 4 is 52.1 Å². The van der Waals surface area contributed by atoms with Crippen molar-refractivity contribution in [2.24, 2.45) is 4.99 Å². The number of rotatable bonds is 7. The highest BCUT2D eigenvalue weighted by Crippen LogP contribution is 2.31. The number of hydrogen-bond donors (Lipinski definition) is 1. The number of Topliss-reactive ketones (excluding diaryl/α,β-unsaturated/α-hetero) is 1. The first-order chi connectivity index (χ1) is 14.4. The van der Waals surface area contributed by atoms with Gasteiger partial charge in [-0.25, -0.2) is 4.99 Å². The second kappa shape index (κ2) is 9.84. The maximum atomic E-state index is 12.6. The predicted molar refractivity (Wildman–Crippen MR) is 122 cm³/mol. The number of para-hydroxylation sites is 1. The molecule has 3 aromatic rings. The molecular weight excluding hydrogens is 443 g/mol. The Bertz CT molecular complexity index is 1190. The number of halogens is 2. The molecule has 0 atom stereocenters. The maximum Gasteiger partial charge on any atom is 0.278 e. The summed E-state index contributed by atoms with van der Waals surface area (Å²) in [5, 5.41) is 9.10. The standard InChI is InChI=1S/C21H16Cl2N4O2S/c1-3-11-30-21-25-20(29)19(26-27-21)13-7-4-5-10-16(13)24-18(12(2)28)17-14(22)8-6-9-15(17)23/h3-10H,1,11H2,2H3,(H,25,27,29). The lowest BCUT2D eigenvalue weighted by Crippen LogP contribution is -2.15. The van der Waals surface area contributed by atoms with Crippen molar-refractivity contribution in [3.8, 4) is 11.3 Å². The molecule has 0 aliphatic heterocycles. The van der Waals surface area contributed by atoms with Gasteiger partial charge < -0.3 is 0 Å². The van der Waals surface area contributed by atoms with Crippen LogP contribution in [0.15, 0.2) is 70.1 Å². The molecule has 0 unspecified atom stereocenters.